The Balaban J connectivity index is 1.71. The molecule has 2 aromatic rings. The summed E-state index contributed by atoms with van der Waals surface area (Å²) in [7, 11) is 0. The van der Waals surface area contributed by atoms with Gasteiger partial charge in [-0.05, 0) is 12.1 Å². The standard InChI is InChI=1S/C15H16N4O4/c20-14(21)8-12-9-18(6-7-23-12)15(22)13-10-19(17-16-13)11-4-2-1-3-5-11/h1-5,10,12H,6-9H2,(H,20,21)/t12-/m0/s1. The van der Waals surface area contributed by atoms with E-state index in [2.05, 4.69) is 10.3 Å². The predicted octanol–water partition coefficient (Wildman–Crippen LogP) is 0.583. The highest BCUT2D eigenvalue weighted by Gasteiger charge is 2.28. The number of aliphatic carboxylic acids is 1. The normalized spacial score (nSPS) is 17.9. The molecular weight excluding hydrogens is 300 g/mol. The molecule has 1 saturated heterocycles. The second kappa shape index (κ2) is 6.57. The number of carbonyl (C=O) groups excluding carboxylic acids is 1. The SMILES string of the molecule is O=C(O)C[C@H]1CN(C(=O)c2cn(-c3ccccc3)nn2)CCO1. The van der Waals surface area contributed by atoms with Gasteiger partial charge >= 0.3 is 5.97 Å². The van der Waals surface area contributed by atoms with Crippen molar-refractivity contribution in [2.45, 2.75) is 12.5 Å². The van der Waals surface area contributed by atoms with E-state index in [9.17, 15) is 9.59 Å². The van der Waals surface area contributed by atoms with Gasteiger partial charge in [0.2, 0.25) is 0 Å². The largest absolute Gasteiger partial charge is 0.481 e. The number of hydrogen-bond acceptors (Lipinski definition) is 5. The number of nitrogens with zero attached hydrogens (tertiary/aromatic N) is 4. The van der Waals surface area contributed by atoms with Crippen LogP contribution in [0.3, 0.4) is 0 Å². The van der Waals surface area contributed by atoms with E-state index in [4.69, 9.17) is 9.84 Å². The van der Waals surface area contributed by atoms with E-state index in [-0.39, 0.29) is 24.6 Å². The second-order valence-electron chi connectivity index (χ2n) is 5.23. The lowest BCUT2D eigenvalue weighted by molar-refractivity contribution is -0.141. The van der Waals surface area contributed by atoms with E-state index >= 15 is 0 Å². The van der Waals surface area contributed by atoms with E-state index in [0.717, 1.165) is 5.69 Å². The first-order chi connectivity index (χ1) is 11.1. The summed E-state index contributed by atoms with van der Waals surface area (Å²) in [5, 5.41) is 16.7. The van der Waals surface area contributed by atoms with Crippen LogP contribution in [0.5, 0.6) is 0 Å². The van der Waals surface area contributed by atoms with Crippen LogP contribution >= 0.6 is 0 Å². The Hall–Kier alpha value is -2.74. The zero-order valence-corrected chi connectivity index (χ0v) is 12.3. The quantitative estimate of drug-likeness (QED) is 0.886. The number of hydrogen-bond donors (Lipinski definition) is 1. The monoisotopic (exact) mass is 316 g/mol. The number of ether oxygens (including phenoxy) is 1. The van der Waals surface area contributed by atoms with Gasteiger partial charge in [-0.25, -0.2) is 4.68 Å². The summed E-state index contributed by atoms with van der Waals surface area (Å²) in [5.41, 5.74) is 1.04. The van der Waals surface area contributed by atoms with E-state index in [1.165, 1.54) is 4.68 Å². The number of rotatable bonds is 4. The molecule has 0 spiro atoms. The van der Waals surface area contributed by atoms with Crippen LogP contribution in [0, 0.1) is 0 Å². The Morgan fingerprint density at radius 1 is 1.30 bits per heavy atom. The predicted molar refractivity (Wildman–Crippen MR) is 79.3 cm³/mol. The van der Waals surface area contributed by atoms with Crippen LogP contribution in [0.2, 0.25) is 0 Å². The van der Waals surface area contributed by atoms with Crippen molar-refractivity contribution in [1.82, 2.24) is 19.9 Å². The van der Waals surface area contributed by atoms with Crippen LogP contribution in [0.4, 0.5) is 0 Å². The lowest BCUT2D eigenvalue weighted by Gasteiger charge is -2.31. The number of amides is 1. The van der Waals surface area contributed by atoms with Crippen LogP contribution in [0.15, 0.2) is 36.5 Å². The van der Waals surface area contributed by atoms with Gasteiger partial charge in [0.25, 0.3) is 5.91 Å². The van der Waals surface area contributed by atoms with Gasteiger partial charge in [-0.3, -0.25) is 9.59 Å². The molecular formula is C15H16N4O4. The number of aromatic nitrogens is 3. The third-order valence-electron chi connectivity index (χ3n) is 3.56. The summed E-state index contributed by atoms with van der Waals surface area (Å²) in [6.07, 6.45) is 0.953. The van der Waals surface area contributed by atoms with Gasteiger partial charge in [-0.2, -0.15) is 0 Å². The summed E-state index contributed by atoms with van der Waals surface area (Å²) < 4.78 is 6.89. The van der Waals surface area contributed by atoms with Gasteiger partial charge in [0, 0.05) is 13.1 Å². The van der Waals surface area contributed by atoms with Crippen molar-refractivity contribution in [3.8, 4) is 5.69 Å². The third-order valence-corrected chi connectivity index (χ3v) is 3.56. The van der Waals surface area contributed by atoms with E-state index in [1.54, 1.807) is 11.1 Å². The summed E-state index contributed by atoms with van der Waals surface area (Å²) in [6, 6.07) is 9.36. The van der Waals surface area contributed by atoms with Crippen molar-refractivity contribution >= 4 is 11.9 Å². The smallest absolute Gasteiger partial charge is 0.306 e. The van der Waals surface area contributed by atoms with Crippen LogP contribution < -0.4 is 0 Å². The number of morpholine rings is 1. The number of carbonyl (C=O) groups is 2. The Morgan fingerprint density at radius 2 is 2.09 bits per heavy atom. The molecule has 120 valence electrons. The highest BCUT2D eigenvalue weighted by atomic mass is 16.5. The fourth-order valence-electron chi connectivity index (χ4n) is 2.45. The average molecular weight is 316 g/mol. The average Bonchev–Trinajstić information content (AvgIpc) is 3.04. The van der Waals surface area contributed by atoms with Crippen LogP contribution in [0.1, 0.15) is 16.9 Å². The van der Waals surface area contributed by atoms with Crippen molar-refractivity contribution in [2.75, 3.05) is 19.7 Å². The molecule has 0 bridgehead atoms. The van der Waals surface area contributed by atoms with Crippen molar-refractivity contribution in [3.63, 3.8) is 0 Å². The number of carboxylic acid groups (broad SMARTS) is 1. The van der Waals surface area contributed by atoms with Gasteiger partial charge in [-0.15, -0.1) is 5.10 Å². The van der Waals surface area contributed by atoms with Gasteiger partial charge in [0.15, 0.2) is 5.69 Å². The molecule has 1 aliphatic heterocycles. The third kappa shape index (κ3) is 3.54. The fourth-order valence-corrected chi connectivity index (χ4v) is 2.45. The Morgan fingerprint density at radius 3 is 2.83 bits per heavy atom. The van der Waals surface area contributed by atoms with E-state index in [1.807, 2.05) is 30.3 Å². The van der Waals surface area contributed by atoms with Gasteiger partial charge in [0.05, 0.1) is 31.0 Å². The number of para-hydroxylation sites is 1. The zero-order chi connectivity index (χ0) is 16.2. The molecule has 1 aromatic heterocycles. The molecule has 1 amide bonds. The molecule has 0 radical (unpaired) electrons. The maximum atomic E-state index is 12.5. The fraction of sp³-hybridized carbons (Fsp3) is 0.333. The van der Waals surface area contributed by atoms with E-state index in [0.29, 0.717) is 13.2 Å². The molecule has 1 aliphatic rings. The molecule has 1 atom stereocenters. The van der Waals surface area contributed by atoms with Gasteiger partial charge in [-0.1, -0.05) is 23.4 Å². The Labute approximate surface area is 132 Å². The summed E-state index contributed by atoms with van der Waals surface area (Å²) in [6.45, 7) is 0.965. The molecule has 1 aromatic carbocycles. The number of benzene rings is 1. The molecule has 3 rings (SSSR count). The van der Waals surface area contributed by atoms with Crippen molar-refractivity contribution in [3.05, 3.63) is 42.2 Å². The van der Waals surface area contributed by atoms with Crippen LogP contribution in [0.25, 0.3) is 5.69 Å². The molecule has 2 heterocycles. The minimum Gasteiger partial charge on any atom is -0.481 e. The lowest BCUT2D eigenvalue weighted by Crippen LogP contribution is -2.46. The zero-order valence-electron chi connectivity index (χ0n) is 12.3. The first-order valence-corrected chi connectivity index (χ1v) is 7.24. The maximum absolute atomic E-state index is 12.5. The summed E-state index contributed by atoms with van der Waals surface area (Å²) in [5.74, 6) is -1.22. The van der Waals surface area contributed by atoms with Gasteiger partial charge in [0.1, 0.15) is 0 Å². The van der Waals surface area contributed by atoms with Crippen LogP contribution in [-0.4, -0.2) is 62.7 Å². The first-order valence-electron chi connectivity index (χ1n) is 7.24. The molecule has 0 aliphatic carbocycles. The summed E-state index contributed by atoms with van der Waals surface area (Å²) >= 11 is 0. The molecule has 23 heavy (non-hydrogen) atoms. The highest BCUT2D eigenvalue weighted by Crippen LogP contribution is 2.13. The maximum Gasteiger partial charge on any atom is 0.306 e. The Bertz CT molecular complexity index is 701. The van der Waals surface area contributed by atoms with Crippen molar-refractivity contribution in [1.29, 1.82) is 0 Å². The van der Waals surface area contributed by atoms with Crippen molar-refractivity contribution < 1.29 is 19.4 Å². The molecule has 1 fully saturated rings. The molecule has 0 unspecified atom stereocenters. The van der Waals surface area contributed by atoms with Crippen molar-refractivity contribution in [2.24, 2.45) is 0 Å². The highest BCUT2D eigenvalue weighted by molar-refractivity contribution is 5.92. The minimum atomic E-state index is -0.945. The second-order valence-corrected chi connectivity index (χ2v) is 5.23. The van der Waals surface area contributed by atoms with E-state index < -0.39 is 12.1 Å². The minimum absolute atomic E-state index is 0.125. The lowest BCUT2D eigenvalue weighted by atomic mass is 10.2. The topological polar surface area (TPSA) is 97.6 Å². The first kappa shape index (κ1) is 15.2. The van der Waals surface area contributed by atoms with Crippen LogP contribution in [-0.2, 0) is 9.53 Å². The Kier molecular flexibility index (Phi) is 4.33. The molecule has 8 nitrogen and oxygen atoms in total. The molecule has 1 N–H and O–H groups in total. The summed E-state index contributed by atoms with van der Waals surface area (Å²) in [4.78, 5) is 24.8. The van der Waals surface area contributed by atoms with Gasteiger partial charge < -0.3 is 14.7 Å². The molecule has 8 heteroatoms. The molecule has 0 saturated carbocycles. The number of carboxylic acids is 1.